The van der Waals surface area contributed by atoms with Gasteiger partial charge < -0.3 is 15.1 Å². The molecule has 4 amide bonds. The van der Waals surface area contributed by atoms with Crippen LogP contribution in [-0.2, 0) is 9.59 Å². The zero-order chi connectivity index (χ0) is 14.0. The standard InChI is InChI=1S/C12H20N4O3.ClH/c1-12(2)10(18)14-11(19)16(12)8-9(17)15-6-3-4-13-5-7-15;/h13H,3-8H2,1-2H3,(H,14,18,19);1H. The van der Waals surface area contributed by atoms with E-state index in [4.69, 9.17) is 0 Å². The Morgan fingerprint density at radius 2 is 1.95 bits per heavy atom. The van der Waals surface area contributed by atoms with Gasteiger partial charge in [-0.1, -0.05) is 0 Å². The summed E-state index contributed by atoms with van der Waals surface area (Å²) in [6.07, 6.45) is 0.903. The van der Waals surface area contributed by atoms with Gasteiger partial charge in [0, 0.05) is 19.6 Å². The number of carbonyl (C=O) groups is 3. The summed E-state index contributed by atoms with van der Waals surface area (Å²) >= 11 is 0. The summed E-state index contributed by atoms with van der Waals surface area (Å²) in [7, 11) is 0. The lowest BCUT2D eigenvalue weighted by Crippen LogP contribution is -2.50. The lowest BCUT2D eigenvalue weighted by atomic mass is 10.0. The zero-order valence-corrected chi connectivity index (χ0v) is 12.6. The molecule has 7 nitrogen and oxygen atoms in total. The van der Waals surface area contributed by atoms with E-state index < -0.39 is 11.6 Å². The minimum atomic E-state index is -0.961. The van der Waals surface area contributed by atoms with Crippen LogP contribution in [0.4, 0.5) is 4.79 Å². The Kier molecular flexibility index (Phi) is 5.35. The highest BCUT2D eigenvalue weighted by Gasteiger charge is 2.46. The maximum Gasteiger partial charge on any atom is 0.325 e. The van der Waals surface area contributed by atoms with Gasteiger partial charge in [-0.3, -0.25) is 14.9 Å². The number of imide groups is 1. The van der Waals surface area contributed by atoms with Crippen molar-refractivity contribution < 1.29 is 14.4 Å². The third kappa shape index (κ3) is 3.21. The van der Waals surface area contributed by atoms with E-state index in [9.17, 15) is 14.4 Å². The van der Waals surface area contributed by atoms with Crippen molar-refractivity contribution in [3.05, 3.63) is 0 Å². The van der Waals surface area contributed by atoms with Crippen LogP contribution < -0.4 is 10.6 Å². The first kappa shape index (κ1) is 16.7. The van der Waals surface area contributed by atoms with Crippen molar-refractivity contribution in [1.29, 1.82) is 0 Å². The van der Waals surface area contributed by atoms with Gasteiger partial charge in [-0.05, 0) is 26.8 Å². The number of urea groups is 1. The van der Waals surface area contributed by atoms with Crippen LogP contribution in [0, 0.1) is 0 Å². The third-order valence-corrected chi connectivity index (χ3v) is 3.68. The number of hydrogen-bond donors (Lipinski definition) is 2. The summed E-state index contributed by atoms with van der Waals surface area (Å²) in [5.41, 5.74) is -0.961. The molecule has 2 aliphatic rings. The number of nitrogens with one attached hydrogen (secondary N) is 2. The fraction of sp³-hybridized carbons (Fsp3) is 0.750. The molecule has 2 fully saturated rings. The Labute approximate surface area is 124 Å². The molecule has 0 aromatic heterocycles. The molecular formula is C12H21ClN4O3. The number of carbonyl (C=O) groups excluding carboxylic acids is 3. The molecule has 0 radical (unpaired) electrons. The first-order valence-electron chi connectivity index (χ1n) is 6.54. The van der Waals surface area contributed by atoms with E-state index in [-0.39, 0.29) is 30.8 Å². The second-order valence-electron chi connectivity index (χ2n) is 5.39. The fourth-order valence-electron chi connectivity index (χ4n) is 2.29. The molecule has 0 aliphatic carbocycles. The molecule has 2 aliphatic heterocycles. The van der Waals surface area contributed by atoms with E-state index >= 15 is 0 Å². The number of nitrogens with zero attached hydrogens (tertiary/aromatic N) is 2. The number of hydrogen-bond acceptors (Lipinski definition) is 4. The van der Waals surface area contributed by atoms with E-state index in [2.05, 4.69) is 10.6 Å². The van der Waals surface area contributed by atoms with E-state index in [1.54, 1.807) is 18.7 Å². The van der Waals surface area contributed by atoms with Gasteiger partial charge in [0.2, 0.25) is 5.91 Å². The molecule has 0 aromatic carbocycles. The van der Waals surface area contributed by atoms with Crippen molar-refractivity contribution in [1.82, 2.24) is 20.4 Å². The van der Waals surface area contributed by atoms with Crippen LogP contribution >= 0.6 is 12.4 Å². The highest BCUT2D eigenvalue weighted by molar-refractivity contribution is 6.07. The van der Waals surface area contributed by atoms with Crippen molar-refractivity contribution >= 4 is 30.3 Å². The van der Waals surface area contributed by atoms with Crippen LogP contribution in [0.2, 0.25) is 0 Å². The highest BCUT2D eigenvalue weighted by Crippen LogP contribution is 2.20. The second kappa shape index (κ2) is 6.41. The van der Waals surface area contributed by atoms with E-state index in [0.29, 0.717) is 13.1 Å². The lowest BCUT2D eigenvalue weighted by Gasteiger charge is -2.30. The Hall–Kier alpha value is -1.34. The van der Waals surface area contributed by atoms with Crippen molar-refractivity contribution in [2.24, 2.45) is 0 Å². The molecule has 0 unspecified atom stereocenters. The Bertz CT molecular complexity index is 406. The van der Waals surface area contributed by atoms with Gasteiger partial charge in [0.15, 0.2) is 0 Å². The van der Waals surface area contributed by atoms with Gasteiger partial charge >= 0.3 is 6.03 Å². The van der Waals surface area contributed by atoms with Gasteiger partial charge in [-0.25, -0.2) is 4.79 Å². The van der Waals surface area contributed by atoms with Gasteiger partial charge in [0.1, 0.15) is 12.1 Å². The van der Waals surface area contributed by atoms with E-state index in [0.717, 1.165) is 19.5 Å². The van der Waals surface area contributed by atoms with Crippen LogP contribution in [0.5, 0.6) is 0 Å². The van der Waals surface area contributed by atoms with Crippen LogP contribution in [-0.4, -0.2) is 65.9 Å². The maximum atomic E-state index is 12.2. The summed E-state index contributed by atoms with van der Waals surface area (Å²) in [6, 6.07) is -0.490. The van der Waals surface area contributed by atoms with Crippen LogP contribution in [0.3, 0.4) is 0 Å². The zero-order valence-electron chi connectivity index (χ0n) is 11.8. The fourth-order valence-corrected chi connectivity index (χ4v) is 2.29. The largest absolute Gasteiger partial charge is 0.340 e. The Morgan fingerprint density at radius 1 is 1.25 bits per heavy atom. The first-order valence-corrected chi connectivity index (χ1v) is 6.54. The average molecular weight is 305 g/mol. The summed E-state index contributed by atoms with van der Waals surface area (Å²) < 4.78 is 0. The molecule has 0 spiro atoms. The van der Waals surface area contributed by atoms with Gasteiger partial charge in [-0.15, -0.1) is 12.4 Å². The molecular weight excluding hydrogens is 284 g/mol. The summed E-state index contributed by atoms with van der Waals surface area (Å²) in [6.45, 7) is 6.23. The lowest BCUT2D eigenvalue weighted by molar-refractivity contribution is -0.133. The third-order valence-electron chi connectivity index (χ3n) is 3.68. The maximum absolute atomic E-state index is 12.2. The smallest absolute Gasteiger partial charge is 0.325 e. The predicted octanol–water partition coefficient (Wildman–Crippen LogP) is -0.439. The quantitative estimate of drug-likeness (QED) is 0.678. The van der Waals surface area contributed by atoms with Crippen LogP contribution in [0.1, 0.15) is 20.3 Å². The molecule has 114 valence electrons. The highest BCUT2D eigenvalue weighted by atomic mass is 35.5. The summed E-state index contributed by atoms with van der Waals surface area (Å²) in [5, 5.41) is 5.46. The van der Waals surface area contributed by atoms with Crippen molar-refractivity contribution in [3.8, 4) is 0 Å². The van der Waals surface area contributed by atoms with Crippen LogP contribution in [0.15, 0.2) is 0 Å². The monoisotopic (exact) mass is 304 g/mol. The molecule has 0 saturated carbocycles. The molecule has 0 atom stereocenters. The first-order chi connectivity index (χ1) is 8.93. The van der Waals surface area contributed by atoms with Gasteiger partial charge in [0.05, 0.1) is 0 Å². The minimum absolute atomic E-state index is 0. The van der Waals surface area contributed by atoms with Crippen molar-refractivity contribution in [2.75, 3.05) is 32.7 Å². The topological polar surface area (TPSA) is 81.8 Å². The van der Waals surface area contributed by atoms with E-state index in [1.165, 1.54) is 4.90 Å². The molecule has 0 aromatic rings. The number of amides is 4. The van der Waals surface area contributed by atoms with Crippen molar-refractivity contribution in [3.63, 3.8) is 0 Å². The molecule has 2 N–H and O–H groups in total. The molecule has 2 saturated heterocycles. The number of rotatable bonds is 2. The van der Waals surface area contributed by atoms with Crippen molar-refractivity contribution in [2.45, 2.75) is 25.8 Å². The van der Waals surface area contributed by atoms with Gasteiger partial charge in [0.25, 0.3) is 5.91 Å². The predicted molar refractivity (Wildman–Crippen MR) is 75.6 cm³/mol. The summed E-state index contributed by atoms with van der Waals surface area (Å²) in [4.78, 5) is 38.6. The summed E-state index contributed by atoms with van der Waals surface area (Å²) in [5.74, 6) is -0.468. The van der Waals surface area contributed by atoms with E-state index in [1.807, 2.05) is 0 Å². The molecule has 2 rings (SSSR count). The SMILES string of the molecule is CC1(C)C(=O)NC(=O)N1CC(=O)N1CCCNCC1.Cl. The second-order valence-corrected chi connectivity index (χ2v) is 5.39. The average Bonchev–Trinajstić information content (AvgIpc) is 2.59. The normalized spacial score (nSPS) is 22.1. The molecule has 8 heteroatoms. The Morgan fingerprint density at radius 3 is 2.55 bits per heavy atom. The Balaban J connectivity index is 0.00000200. The number of halogens is 1. The molecule has 20 heavy (non-hydrogen) atoms. The van der Waals surface area contributed by atoms with Crippen LogP contribution in [0.25, 0.3) is 0 Å². The van der Waals surface area contributed by atoms with Gasteiger partial charge in [-0.2, -0.15) is 0 Å². The molecule has 2 heterocycles. The minimum Gasteiger partial charge on any atom is -0.340 e. The molecule has 0 bridgehead atoms.